The number of ketones is 1. The first-order chi connectivity index (χ1) is 8.63. The molecule has 0 atom stereocenters. The van der Waals surface area contributed by atoms with Crippen molar-refractivity contribution in [2.24, 2.45) is 0 Å². The van der Waals surface area contributed by atoms with Crippen molar-refractivity contribution in [3.63, 3.8) is 0 Å². The Balaban J connectivity index is 2.51. The summed E-state index contributed by atoms with van der Waals surface area (Å²) in [6.07, 6.45) is 4.27. The smallest absolute Gasteiger partial charge is 0.193 e. The molecule has 0 aliphatic rings. The lowest BCUT2D eigenvalue weighted by Gasteiger charge is -2.09. The van der Waals surface area contributed by atoms with Crippen LogP contribution in [0.1, 0.15) is 39.5 Å². The number of pyridine rings is 1. The van der Waals surface area contributed by atoms with Crippen molar-refractivity contribution in [2.75, 3.05) is 0 Å². The maximum absolute atomic E-state index is 12.6. The molecule has 0 spiro atoms. The number of hydrogen-bond acceptors (Lipinski definition) is 2. The molecule has 1 heterocycles. The molecule has 0 aliphatic heterocycles. The normalized spacial score (nSPS) is 10.4. The second-order valence-electron chi connectivity index (χ2n) is 4.53. The Hall–Kier alpha value is -1.96. The molecule has 0 aliphatic carbocycles. The molecule has 0 unspecified atom stereocenters. The Morgan fingerprint density at radius 1 is 1.17 bits per heavy atom. The zero-order valence-corrected chi connectivity index (χ0v) is 11.0. The number of carbonyl (C=O) groups is 1. The van der Waals surface area contributed by atoms with Crippen LogP contribution < -0.4 is 0 Å². The minimum Gasteiger partial charge on any atom is -0.289 e. The van der Waals surface area contributed by atoms with Crippen molar-refractivity contribution < 1.29 is 4.79 Å². The minimum absolute atomic E-state index is 0.0930. The van der Waals surface area contributed by atoms with E-state index in [2.05, 4.69) is 4.98 Å². The van der Waals surface area contributed by atoms with Crippen molar-refractivity contribution in [1.82, 2.24) is 4.98 Å². The van der Waals surface area contributed by atoms with Gasteiger partial charge in [-0.1, -0.05) is 24.6 Å². The molecule has 0 saturated carbocycles. The molecule has 0 N–H and O–H groups in total. The van der Waals surface area contributed by atoms with Crippen LogP contribution in [-0.2, 0) is 6.42 Å². The average molecular weight is 239 g/mol. The van der Waals surface area contributed by atoms with Crippen molar-refractivity contribution in [2.45, 2.75) is 27.2 Å². The Morgan fingerprint density at radius 2 is 1.94 bits per heavy atom. The number of nitrogens with zero attached hydrogens (tertiary/aromatic N) is 1. The molecular weight excluding hydrogens is 222 g/mol. The topological polar surface area (TPSA) is 30.0 Å². The molecule has 92 valence electrons. The predicted molar refractivity (Wildman–Crippen MR) is 73.0 cm³/mol. The van der Waals surface area contributed by atoms with Gasteiger partial charge in [-0.15, -0.1) is 0 Å². The van der Waals surface area contributed by atoms with Gasteiger partial charge in [0.2, 0.25) is 0 Å². The average Bonchev–Trinajstić information content (AvgIpc) is 2.40. The molecule has 2 nitrogen and oxygen atoms in total. The van der Waals surface area contributed by atoms with Gasteiger partial charge in [0.15, 0.2) is 5.78 Å². The standard InChI is InChI=1S/C16H17NO/c1-4-13-10-17-8-7-14(13)16(18)15-9-11(2)5-6-12(15)3/h5-10H,4H2,1-3H3. The zero-order chi connectivity index (χ0) is 13.1. The zero-order valence-electron chi connectivity index (χ0n) is 11.0. The first-order valence-corrected chi connectivity index (χ1v) is 6.18. The van der Waals surface area contributed by atoms with E-state index in [1.165, 1.54) is 0 Å². The molecule has 2 rings (SSSR count). The summed E-state index contributed by atoms with van der Waals surface area (Å²) in [4.78, 5) is 16.7. The summed E-state index contributed by atoms with van der Waals surface area (Å²) in [5.41, 5.74) is 4.68. The molecule has 2 aromatic rings. The lowest BCUT2D eigenvalue weighted by Crippen LogP contribution is -2.07. The maximum Gasteiger partial charge on any atom is 0.193 e. The first-order valence-electron chi connectivity index (χ1n) is 6.18. The van der Waals surface area contributed by atoms with Gasteiger partial charge >= 0.3 is 0 Å². The summed E-state index contributed by atoms with van der Waals surface area (Å²) >= 11 is 0. The maximum atomic E-state index is 12.6. The molecule has 0 radical (unpaired) electrons. The highest BCUT2D eigenvalue weighted by molar-refractivity contribution is 6.10. The molecule has 0 bridgehead atoms. The van der Waals surface area contributed by atoms with Gasteiger partial charge < -0.3 is 0 Å². The van der Waals surface area contributed by atoms with E-state index in [4.69, 9.17) is 0 Å². The number of hydrogen-bond donors (Lipinski definition) is 0. The highest BCUT2D eigenvalue weighted by Gasteiger charge is 2.14. The van der Waals surface area contributed by atoms with E-state index >= 15 is 0 Å². The highest BCUT2D eigenvalue weighted by Crippen LogP contribution is 2.18. The number of aromatic nitrogens is 1. The van der Waals surface area contributed by atoms with E-state index in [-0.39, 0.29) is 5.78 Å². The van der Waals surface area contributed by atoms with Crippen LogP contribution in [-0.4, -0.2) is 10.8 Å². The van der Waals surface area contributed by atoms with E-state index in [1.807, 2.05) is 45.0 Å². The van der Waals surface area contributed by atoms with E-state index < -0.39 is 0 Å². The summed E-state index contributed by atoms with van der Waals surface area (Å²) in [6, 6.07) is 7.79. The number of benzene rings is 1. The molecule has 0 saturated heterocycles. The third-order valence-electron chi connectivity index (χ3n) is 3.17. The van der Waals surface area contributed by atoms with Gasteiger partial charge in [-0.05, 0) is 43.5 Å². The van der Waals surface area contributed by atoms with Gasteiger partial charge in [0, 0.05) is 23.5 Å². The molecular formula is C16H17NO. The van der Waals surface area contributed by atoms with E-state index in [0.717, 1.165) is 34.2 Å². The Kier molecular flexibility index (Phi) is 3.56. The Bertz CT molecular complexity index is 587. The van der Waals surface area contributed by atoms with Crippen LogP contribution in [0.4, 0.5) is 0 Å². The monoisotopic (exact) mass is 239 g/mol. The molecule has 0 amide bonds. The van der Waals surface area contributed by atoms with E-state index in [1.54, 1.807) is 12.4 Å². The van der Waals surface area contributed by atoms with Crippen LogP contribution >= 0.6 is 0 Å². The number of rotatable bonds is 3. The summed E-state index contributed by atoms with van der Waals surface area (Å²) in [5.74, 6) is 0.0930. The third-order valence-corrected chi connectivity index (χ3v) is 3.17. The van der Waals surface area contributed by atoms with Gasteiger partial charge in [-0.3, -0.25) is 9.78 Å². The van der Waals surface area contributed by atoms with Crippen LogP contribution in [0.5, 0.6) is 0 Å². The number of aryl methyl sites for hydroxylation is 3. The van der Waals surface area contributed by atoms with Crippen LogP contribution in [0, 0.1) is 13.8 Å². The summed E-state index contributed by atoms with van der Waals surface area (Å²) in [6.45, 7) is 6.01. The SMILES string of the molecule is CCc1cnccc1C(=O)c1cc(C)ccc1C. The van der Waals surface area contributed by atoms with Crippen LogP contribution in [0.2, 0.25) is 0 Å². The molecule has 18 heavy (non-hydrogen) atoms. The summed E-state index contributed by atoms with van der Waals surface area (Å²) < 4.78 is 0. The fourth-order valence-electron chi connectivity index (χ4n) is 2.06. The Morgan fingerprint density at radius 3 is 2.67 bits per heavy atom. The molecule has 0 fully saturated rings. The van der Waals surface area contributed by atoms with Gasteiger partial charge in [0.05, 0.1) is 0 Å². The molecule has 1 aromatic heterocycles. The second kappa shape index (κ2) is 5.13. The fourth-order valence-corrected chi connectivity index (χ4v) is 2.06. The third kappa shape index (κ3) is 2.33. The number of carbonyl (C=O) groups excluding carboxylic acids is 1. The summed E-state index contributed by atoms with van der Waals surface area (Å²) in [5, 5.41) is 0. The Labute approximate surface area is 108 Å². The van der Waals surface area contributed by atoms with Crippen LogP contribution in [0.3, 0.4) is 0 Å². The quantitative estimate of drug-likeness (QED) is 0.767. The predicted octanol–water partition coefficient (Wildman–Crippen LogP) is 3.49. The van der Waals surface area contributed by atoms with Gasteiger partial charge in [-0.2, -0.15) is 0 Å². The minimum atomic E-state index is 0.0930. The van der Waals surface area contributed by atoms with Crippen LogP contribution in [0.15, 0.2) is 36.7 Å². The van der Waals surface area contributed by atoms with Crippen LogP contribution in [0.25, 0.3) is 0 Å². The lowest BCUT2D eigenvalue weighted by atomic mass is 9.95. The fraction of sp³-hybridized carbons (Fsp3) is 0.250. The van der Waals surface area contributed by atoms with Gasteiger partial charge in [-0.25, -0.2) is 0 Å². The van der Waals surface area contributed by atoms with Gasteiger partial charge in [0.1, 0.15) is 0 Å². The molecule has 2 heteroatoms. The summed E-state index contributed by atoms with van der Waals surface area (Å²) in [7, 11) is 0. The van der Waals surface area contributed by atoms with Crippen molar-refractivity contribution >= 4 is 5.78 Å². The molecule has 1 aromatic carbocycles. The van der Waals surface area contributed by atoms with Crippen molar-refractivity contribution in [1.29, 1.82) is 0 Å². The van der Waals surface area contributed by atoms with Crippen molar-refractivity contribution in [3.05, 3.63) is 64.5 Å². The van der Waals surface area contributed by atoms with Gasteiger partial charge in [0.25, 0.3) is 0 Å². The van der Waals surface area contributed by atoms with E-state index in [9.17, 15) is 4.79 Å². The van der Waals surface area contributed by atoms with Crippen molar-refractivity contribution in [3.8, 4) is 0 Å². The second-order valence-corrected chi connectivity index (χ2v) is 4.53. The van der Waals surface area contributed by atoms with E-state index in [0.29, 0.717) is 0 Å². The largest absolute Gasteiger partial charge is 0.289 e. The highest BCUT2D eigenvalue weighted by atomic mass is 16.1. The first kappa shape index (κ1) is 12.5. The lowest BCUT2D eigenvalue weighted by molar-refractivity contribution is 0.103.